The molecule has 24 heavy (non-hydrogen) atoms. The Morgan fingerprint density at radius 1 is 1.04 bits per heavy atom. The largest absolute Gasteiger partial charge is 0.324 e. The van der Waals surface area contributed by atoms with E-state index < -0.39 is 0 Å². The third-order valence-corrected chi connectivity index (χ3v) is 4.29. The van der Waals surface area contributed by atoms with Gasteiger partial charge in [0.25, 0.3) is 0 Å². The number of benzene rings is 2. The molecule has 2 rings (SSSR count). The van der Waals surface area contributed by atoms with Gasteiger partial charge in [-0.1, -0.05) is 33.6 Å². The molecule has 2 aromatic carbocycles. The summed E-state index contributed by atoms with van der Waals surface area (Å²) in [5.74, 6) is -0.395. The molecule has 2 amide bonds. The summed E-state index contributed by atoms with van der Waals surface area (Å²) in [6, 6.07) is 11.4. The third kappa shape index (κ3) is 4.45. The van der Waals surface area contributed by atoms with Crippen LogP contribution in [0.1, 0.15) is 23.6 Å². The maximum atomic E-state index is 12.4. The molecule has 0 radical (unpaired) electrons. The number of rotatable bonds is 4. The highest BCUT2D eigenvalue weighted by molar-refractivity contribution is 9.10. The van der Waals surface area contributed by atoms with Crippen LogP contribution in [0.2, 0.25) is 0 Å². The van der Waals surface area contributed by atoms with E-state index in [1.165, 1.54) is 11.8 Å². The van der Waals surface area contributed by atoms with Crippen molar-refractivity contribution < 1.29 is 9.59 Å². The second-order valence-electron chi connectivity index (χ2n) is 5.90. The van der Waals surface area contributed by atoms with Gasteiger partial charge in [0.15, 0.2) is 0 Å². The molecule has 0 unspecified atom stereocenters. The zero-order valence-electron chi connectivity index (χ0n) is 14.3. The van der Waals surface area contributed by atoms with Crippen molar-refractivity contribution in [3.8, 4) is 0 Å². The molecule has 4 nitrogen and oxygen atoms in total. The molecule has 0 bridgehead atoms. The zero-order valence-corrected chi connectivity index (χ0v) is 15.9. The first-order valence-corrected chi connectivity index (χ1v) is 8.48. The van der Waals surface area contributed by atoms with Crippen molar-refractivity contribution in [1.82, 2.24) is 0 Å². The summed E-state index contributed by atoms with van der Waals surface area (Å²) >= 11 is 3.37. The highest BCUT2D eigenvalue weighted by Crippen LogP contribution is 2.23. The quantitative estimate of drug-likeness (QED) is 0.845. The van der Waals surface area contributed by atoms with E-state index >= 15 is 0 Å². The molecule has 0 aromatic heterocycles. The van der Waals surface area contributed by atoms with Gasteiger partial charge in [-0.3, -0.25) is 9.59 Å². The molecule has 126 valence electrons. The first-order chi connectivity index (χ1) is 11.3. The van der Waals surface area contributed by atoms with E-state index in [2.05, 4.69) is 21.2 Å². The second-order valence-corrected chi connectivity index (χ2v) is 6.82. The Hall–Kier alpha value is -2.14. The first-order valence-electron chi connectivity index (χ1n) is 7.69. The molecule has 0 saturated heterocycles. The minimum atomic E-state index is -0.219. The van der Waals surface area contributed by atoms with Gasteiger partial charge in [0, 0.05) is 22.8 Å². The molecule has 0 aliphatic carbocycles. The molecule has 0 fully saturated rings. The van der Waals surface area contributed by atoms with E-state index in [-0.39, 0.29) is 18.4 Å². The average molecular weight is 389 g/mol. The molecule has 0 aliphatic rings. The Bertz CT molecular complexity index is 746. The summed E-state index contributed by atoms with van der Waals surface area (Å²) in [6.07, 6.45) is 0. The summed E-state index contributed by atoms with van der Waals surface area (Å²) in [5.41, 5.74) is 4.68. The van der Waals surface area contributed by atoms with Crippen LogP contribution in [-0.4, -0.2) is 18.4 Å². The number of carbonyl (C=O) groups is 2. The van der Waals surface area contributed by atoms with Gasteiger partial charge in [0.1, 0.15) is 6.54 Å². The molecular formula is C19H21BrN2O2. The van der Waals surface area contributed by atoms with Crippen LogP contribution >= 0.6 is 15.9 Å². The van der Waals surface area contributed by atoms with Crippen LogP contribution in [0.25, 0.3) is 0 Å². The van der Waals surface area contributed by atoms with Gasteiger partial charge in [-0.15, -0.1) is 0 Å². The van der Waals surface area contributed by atoms with Crippen LogP contribution in [0.15, 0.2) is 40.9 Å². The van der Waals surface area contributed by atoms with Crippen molar-refractivity contribution in [3.05, 3.63) is 57.6 Å². The summed E-state index contributed by atoms with van der Waals surface area (Å²) in [6.45, 7) is 7.39. The number of hydrogen-bond acceptors (Lipinski definition) is 2. The fraction of sp³-hybridized carbons (Fsp3) is 0.263. The van der Waals surface area contributed by atoms with Crippen LogP contribution in [0.3, 0.4) is 0 Å². The topological polar surface area (TPSA) is 49.4 Å². The van der Waals surface area contributed by atoms with Crippen molar-refractivity contribution in [3.63, 3.8) is 0 Å². The maximum absolute atomic E-state index is 12.4. The Morgan fingerprint density at radius 2 is 1.58 bits per heavy atom. The van der Waals surface area contributed by atoms with Crippen LogP contribution in [0.4, 0.5) is 11.4 Å². The molecule has 2 aromatic rings. The predicted molar refractivity (Wildman–Crippen MR) is 101 cm³/mol. The van der Waals surface area contributed by atoms with Crippen LogP contribution in [0.5, 0.6) is 0 Å². The first kappa shape index (κ1) is 18.2. The number of aryl methyl sites for hydroxylation is 3. The number of anilines is 2. The highest BCUT2D eigenvalue weighted by Gasteiger charge is 2.17. The lowest BCUT2D eigenvalue weighted by atomic mass is 10.1. The number of amides is 2. The molecule has 0 spiro atoms. The normalized spacial score (nSPS) is 10.4. The standard InChI is InChI=1S/C19H21BrN2O2/c1-12-9-13(2)19(14(3)10-12)21-18(24)11-22(15(4)23)17-7-5-16(20)6-8-17/h5-10H,11H2,1-4H3,(H,21,24). The SMILES string of the molecule is CC(=O)N(CC(=O)Nc1c(C)cc(C)cc1C)c1ccc(Br)cc1. The molecule has 0 atom stereocenters. The van der Waals surface area contributed by atoms with Crippen molar-refractivity contribution in [1.29, 1.82) is 0 Å². The van der Waals surface area contributed by atoms with E-state index in [4.69, 9.17) is 0 Å². The Balaban J connectivity index is 2.17. The van der Waals surface area contributed by atoms with Gasteiger partial charge in [-0.05, 0) is 56.2 Å². The summed E-state index contributed by atoms with van der Waals surface area (Å²) in [7, 11) is 0. The summed E-state index contributed by atoms with van der Waals surface area (Å²) in [5, 5.41) is 2.93. The number of nitrogens with one attached hydrogen (secondary N) is 1. The average Bonchev–Trinajstić information content (AvgIpc) is 2.49. The predicted octanol–water partition coefficient (Wildman–Crippen LogP) is 4.37. The van der Waals surface area contributed by atoms with Crippen LogP contribution in [-0.2, 0) is 9.59 Å². The van der Waals surface area contributed by atoms with Gasteiger partial charge in [-0.25, -0.2) is 0 Å². The van der Waals surface area contributed by atoms with Gasteiger partial charge < -0.3 is 10.2 Å². The Kier molecular flexibility index (Phi) is 5.78. The molecule has 0 aliphatic heterocycles. The molecular weight excluding hydrogens is 368 g/mol. The van der Waals surface area contributed by atoms with Gasteiger partial charge in [0.05, 0.1) is 0 Å². The number of halogens is 1. The molecule has 5 heteroatoms. The highest BCUT2D eigenvalue weighted by atomic mass is 79.9. The fourth-order valence-electron chi connectivity index (χ4n) is 2.71. The van der Waals surface area contributed by atoms with Crippen LogP contribution < -0.4 is 10.2 Å². The van der Waals surface area contributed by atoms with Gasteiger partial charge in [0.2, 0.25) is 11.8 Å². The lowest BCUT2D eigenvalue weighted by molar-refractivity contribution is -0.120. The Morgan fingerprint density at radius 3 is 2.08 bits per heavy atom. The minimum absolute atomic E-state index is 0.0241. The second kappa shape index (κ2) is 7.62. The van der Waals surface area contributed by atoms with Crippen molar-refractivity contribution in [2.75, 3.05) is 16.8 Å². The third-order valence-electron chi connectivity index (χ3n) is 3.76. The van der Waals surface area contributed by atoms with E-state index in [9.17, 15) is 9.59 Å². The minimum Gasteiger partial charge on any atom is -0.324 e. The van der Waals surface area contributed by atoms with Crippen molar-refractivity contribution in [2.45, 2.75) is 27.7 Å². The number of carbonyl (C=O) groups excluding carboxylic acids is 2. The van der Waals surface area contributed by atoms with E-state index in [0.717, 1.165) is 26.9 Å². The van der Waals surface area contributed by atoms with E-state index in [1.807, 2.05) is 45.0 Å². The van der Waals surface area contributed by atoms with Crippen LogP contribution in [0, 0.1) is 20.8 Å². The smallest absolute Gasteiger partial charge is 0.244 e. The molecule has 1 N–H and O–H groups in total. The van der Waals surface area contributed by atoms with E-state index in [0.29, 0.717) is 5.69 Å². The van der Waals surface area contributed by atoms with Gasteiger partial charge in [-0.2, -0.15) is 0 Å². The molecule has 0 heterocycles. The zero-order chi connectivity index (χ0) is 17.9. The molecule has 0 saturated carbocycles. The van der Waals surface area contributed by atoms with Gasteiger partial charge >= 0.3 is 0 Å². The lowest BCUT2D eigenvalue weighted by Gasteiger charge is -2.21. The Labute approximate surface area is 151 Å². The summed E-state index contributed by atoms with van der Waals surface area (Å²) in [4.78, 5) is 25.8. The van der Waals surface area contributed by atoms with Crippen molar-refractivity contribution >= 4 is 39.1 Å². The van der Waals surface area contributed by atoms with Crippen molar-refractivity contribution in [2.24, 2.45) is 0 Å². The number of hydrogen-bond donors (Lipinski definition) is 1. The monoisotopic (exact) mass is 388 g/mol. The fourth-order valence-corrected chi connectivity index (χ4v) is 2.97. The summed E-state index contributed by atoms with van der Waals surface area (Å²) < 4.78 is 0.921. The number of nitrogens with zero attached hydrogens (tertiary/aromatic N) is 1. The lowest BCUT2D eigenvalue weighted by Crippen LogP contribution is -2.36. The van der Waals surface area contributed by atoms with E-state index in [1.54, 1.807) is 12.1 Å². The maximum Gasteiger partial charge on any atom is 0.244 e.